The molecule has 3 nitrogen and oxygen atoms in total. The molecule has 0 fully saturated rings. The number of hydrogen-bond donors (Lipinski definition) is 0. The molecule has 1 unspecified atom stereocenters. The largest absolute Gasteiger partial charge is 0.380 e. The van der Waals surface area contributed by atoms with Crippen molar-refractivity contribution in [1.82, 2.24) is 0 Å². The van der Waals surface area contributed by atoms with Crippen molar-refractivity contribution in [2.24, 2.45) is 0 Å². The molecule has 5 heteroatoms. The van der Waals surface area contributed by atoms with E-state index in [4.69, 9.17) is 16.3 Å². The summed E-state index contributed by atoms with van der Waals surface area (Å²) in [6.45, 7) is 3.04. The van der Waals surface area contributed by atoms with Gasteiger partial charge in [-0.2, -0.15) is 0 Å². The average molecular weight is 260 g/mol. The maximum atomic E-state index is 12.9. The molecular formula is C12H15ClFNO2. The normalized spacial score (nSPS) is 12.2. The predicted octanol–water partition coefficient (Wildman–Crippen LogP) is 2.59. The Morgan fingerprint density at radius 3 is 2.65 bits per heavy atom. The fourth-order valence-electron chi connectivity index (χ4n) is 1.39. The van der Waals surface area contributed by atoms with Crippen molar-refractivity contribution in [1.29, 1.82) is 0 Å². The Morgan fingerprint density at radius 2 is 2.12 bits per heavy atom. The highest BCUT2D eigenvalue weighted by atomic mass is 35.5. The molecule has 0 heterocycles. The topological polar surface area (TPSA) is 29.5 Å². The number of amides is 1. The molecule has 0 radical (unpaired) electrons. The van der Waals surface area contributed by atoms with Crippen molar-refractivity contribution in [3.05, 3.63) is 30.3 Å². The number of hydrogen-bond acceptors (Lipinski definition) is 2. The van der Waals surface area contributed by atoms with Crippen molar-refractivity contribution in [3.63, 3.8) is 0 Å². The molecule has 0 aromatic heterocycles. The second-order valence-corrected chi connectivity index (χ2v) is 3.71. The van der Waals surface area contributed by atoms with Gasteiger partial charge in [0.2, 0.25) is 0 Å². The van der Waals surface area contributed by atoms with Gasteiger partial charge >= 0.3 is 0 Å². The van der Waals surface area contributed by atoms with E-state index in [0.29, 0.717) is 18.9 Å². The quantitative estimate of drug-likeness (QED) is 0.581. The molecule has 1 aromatic carbocycles. The third kappa shape index (κ3) is 4.32. The second kappa shape index (κ2) is 7.25. The Bertz CT molecular complexity index is 346. The first kappa shape index (κ1) is 13.9. The summed E-state index contributed by atoms with van der Waals surface area (Å²) in [7, 11) is 0. The minimum atomic E-state index is -2.03. The first-order valence-electron chi connectivity index (χ1n) is 5.39. The maximum Gasteiger partial charge on any atom is 0.277 e. The van der Waals surface area contributed by atoms with Crippen LogP contribution in [0.2, 0.25) is 0 Å². The molecule has 17 heavy (non-hydrogen) atoms. The number of anilines is 1. The maximum absolute atomic E-state index is 12.9. The lowest BCUT2D eigenvalue weighted by Crippen LogP contribution is -2.37. The molecule has 0 saturated heterocycles. The van der Waals surface area contributed by atoms with Crippen LogP contribution in [0.4, 0.5) is 10.1 Å². The van der Waals surface area contributed by atoms with E-state index in [-0.39, 0.29) is 6.54 Å². The highest BCUT2D eigenvalue weighted by Crippen LogP contribution is 2.16. The van der Waals surface area contributed by atoms with Gasteiger partial charge in [0, 0.05) is 18.8 Å². The minimum absolute atomic E-state index is 0.282. The Morgan fingerprint density at radius 1 is 1.47 bits per heavy atom. The standard InChI is InChI=1S/C12H15ClFNO2/c1-2-17-9-8-15(12(16)11(13)14)10-6-4-3-5-7-10/h3-7,11H,2,8-9H2,1H3. The van der Waals surface area contributed by atoms with Gasteiger partial charge in [0.25, 0.3) is 11.5 Å². The first-order valence-corrected chi connectivity index (χ1v) is 5.82. The molecule has 94 valence electrons. The summed E-state index contributed by atoms with van der Waals surface area (Å²) >= 11 is 5.19. The lowest BCUT2D eigenvalue weighted by Gasteiger charge is -2.22. The number of nitrogens with zero attached hydrogens (tertiary/aromatic N) is 1. The van der Waals surface area contributed by atoms with Crippen LogP contribution in [0.5, 0.6) is 0 Å². The van der Waals surface area contributed by atoms with Gasteiger partial charge in [-0.1, -0.05) is 29.8 Å². The molecule has 0 aliphatic heterocycles. The van der Waals surface area contributed by atoms with Gasteiger partial charge in [-0.25, -0.2) is 4.39 Å². The Kier molecular flexibility index (Phi) is 5.94. The van der Waals surface area contributed by atoms with Crippen LogP contribution in [0, 0.1) is 0 Å². The Balaban J connectivity index is 2.76. The molecule has 1 rings (SSSR count). The van der Waals surface area contributed by atoms with Gasteiger partial charge < -0.3 is 9.64 Å². The molecule has 0 aliphatic carbocycles. The van der Waals surface area contributed by atoms with Crippen molar-refractivity contribution >= 4 is 23.2 Å². The van der Waals surface area contributed by atoms with Crippen LogP contribution in [-0.4, -0.2) is 31.3 Å². The zero-order chi connectivity index (χ0) is 12.7. The fourth-order valence-corrected chi connectivity index (χ4v) is 1.51. The van der Waals surface area contributed by atoms with E-state index in [9.17, 15) is 9.18 Å². The number of rotatable bonds is 6. The number of alkyl halides is 2. The molecule has 1 aromatic rings. The van der Waals surface area contributed by atoms with Gasteiger partial charge in [-0.3, -0.25) is 4.79 Å². The molecular weight excluding hydrogens is 245 g/mol. The van der Waals surface area contributed by atoms with Crippen molar-refractivity contribution in [2.45, 2.75) is 12.6 Å². The molecule has 0 N–H and O–H groups in total. The number of para-hydroxylation sites is 1. The van der Waals surface area contributed by atoms with E-state index in [2.05, 4.69) is 0 Å². The summed E-state index contributed by atoms with van der Waals surface area (Å²) in [5.74, 6) is -0.766. The predicted molar refractivity (Wildman–Crippen MR) is 66.0 cm³/mol. The van der Waals surface area contributed by atoms with Crippen molar-refractivity contribution in [2.75, 3.05) is 24.7 Å². The van der Waals surface area contributed by atoms with Crippen molar-refractivity contribution in [3.8, 4) is 0 Å². The average Bonchev–Trinajstić information content (AvgIpc) is 2.35. The summed E-state index contributed by atoms with van der Waals surface area (Å²) in [4.78, 5) is 12.9. The molecule has 0 bridgehead atoms. The smallest absolute Gasteiger partial charge is 0.277 e. The number of carbonyl (C=O) groups excluding carboxylic acids is 1. The van der Waals surface area contributed by atoms with Gasteiger partial charge in [0.1, 0.15) is 0 Å². The molecule has 1 atom stereocenters. The fraction of sp³-hybridized carbons (Fsp3) is 0.417. The van der Waals surface area contributed by atoms with E-state index in [1.165, 1.54) is 4.90 Å². The van der Waals surface area contributed by atoms with Crippen LogP contribution in [0.1, 0.15) is 6.92 Å². The van der Waals surface area contributed by atoms with Crippen LogP contribution in [0.25, 0.3) is 0 Å². The Hall–Kier alpha value is -1.13. The second-order valence-electron chi connectivity index (χ2n) is 3.32. The highest BCUT2D eigenvalue weighted by Gasteiger charge is 2.22. The number of carbonyl (C=O) groups is 1. The number of ether oxygens (including phenoxy) is 1. The van der Waals surface area contributed by atoms with Crippen LogP contribution < -0.4 is 4.90 Å². The zero-order valence-corrected chi connectivity index (χ0v) is 10.4. The van der Waals surface area contributed by atoms with Gasteiger partial charge in [0.15, 0.2) is 0 Å². The van der Waals surface area contributed by atoms with Crippen LogP contribution in [-0.2, 0) is 9.53 Å². The van der Waals surface area contributed by atoms with Gasteiger partial charge in [0.05, 0.1) is 6.61 Å². The SMILES string of the molecule is CCOCCN(C(=O)C(F)Cl)c1ccccc1. The number of halogens is 2. The van der Waals surface area contributed by atoms with Crippen LogP contribution >= 0.6 is 11.6 Å². The summed E-state index contributed by atoms with van der Waals surface area (Å²) in [5, 5.41) is 0. The highest BCUT2D eigenvalue weighted by molar-refractivity contribution is 6.31. The van der Waals surface area contributed by atoms with Gasteiger partial charge in [-0.15, -0.1) is 0 Å². The summed E-state index contributed by atoms with van der Waals surface area (Å²) in [6.07, 6.45) is 0. The van der Waals surface area contributed by atoms with Crippen LogP contribution in [0.3, 0.4) is 0 Å². The van der Waals surface area contributed by atoms with E-state index in [1.807, 2.05) is 13.0 Å². The van der Waals surface area contributed by atoms with Crippen molar-refractivity contribution < 1.29 is 13.9 Å². The summed E-state index contributed by atoms with van der Waals surface area (Å²) in [5.41, 5.74) is -1.42. The molecule has 0 saturated carbocycles. The third-order valence-corrected chi connectivity index (χ3v) is 2.37. The lowest BCUT2D eigenvalue weighted by atomic mass is 10.3. The van der Waals surface area contributed by atoms with E-state index < -0.39 is 11.5 Å². The first-order chi connectivity index (χ1) is 8.16. The molecule has 0 aliphatic rings. The number of benzene rings is 1. The zero-order valence-electron chi connectivity index (χ0n) is 9.61. The Labute approximate surface area is 105 Å². The summed E-state index contributed by atoms with van der Waals surface area (Å²) in [6, 6.07) is 8.82. The molecule has 0 spiro atoms. The van der Waals surface area contributed by atoms with Crippen LogP contribution in [0.15, 0.2) is 30.3 Å². The monoisotopic (exact) mass is 259 g/mol. The summed E-state index contributed by atoms with van der Waals surface area (Å²) < 4.78 is 18.0. The van der Waals surface area contributed by atoms with E-state index >= 15 is 0 Å². The third-order valence-electron chi connectivity index (χ3n) is 2.18. The molecule has 1 amide bonds. The lowest BCUT2D eigenvalue weighted by molar-refractivity contribution is -0.121. The minimum Gasteiger partial charge on any atom is -0.380 e. The van der Waals surface area contributed by atoms with E-state index in [0.717, 1.165) is 0 Å². The van der Waals surface area contributed by atoms with Gasteiger partial charge in [-0.05, 0) is 19.1 Å². The van der Waals surface area contributed by atoms with E-state index in [1.54, 1.807) is 24.3 Å².